The quantitative estimate of drug-likeness (QED) is 0.113. The van der Waals surface area contributed by atoms with Crippen molar-refractivity contribution in [3.8, 4) is 0 Å². The Morgan fingerprint density at radius 1 is 1.26 bits per heavy atom. The van der Waals surface area contributed by atoms with E-state index in [0.29, 0.717) is 17.4 Å². The molecule has 1 aliphatic rings. The van der Waals surface area contributed by atoms with Crippen molar-refractivity contribution in [3.05, 3.63) is 32.6 Å². The lowest BCUT2D eigenvalue weighted by atomic mass is 9.99. The van der Waals surface area contributed by atoms with Crippen LogP contribution in [0.5, 0.6) is 0 Å². The van der Waals surface area contributed by atoms with Gasteiger partial charge in [-0.1, -0.05) is 39.5 Å². The summed E-state index contributed by atoms with van der Waals surface area (Å²) in [7, 11) is 0. The Hall–Kier alpha value is -1.67. The Kier molecular flexibility index (Phi) is 8.50. The standard InChI is InChI=1S/C19H32FN3O8/c1-3-5-6-7-8-9-14(20)23(30)18(28)15(25)13(11-24)31-19(18,29)22-10-12(4-2)16(26)21-17(22)27/h10,13-15,24-25,28-30H,3-9,11H2,1-2H3,(H,21,26,27)/t13-,14?,15-,18-,19-/m1/s1. The molecule has 1 fully saturated rings. The monoisotopic (exact) mass is 449 g/mol. The molecule has 2 heterocycles. The molecule has 12 heteroatoms. The SMILES string of the molecule is CCCCCCCC(F)N(O)[C@@]1(O)[C@H](O)[C@@H](CO)O[C@@]1(O)n1cc(CC)c(=O)[nH]c1=O. The summed E-state index contributed by atoms with van der Waals surface area (Å²) in [6, 6.07) is 0. The molecule has 1 aromatic rings. The van der Waals surface area contributed by atoms with Crippen LogP contribution < -0.4 is 11.2 Å². The molecule has 0 bridgehead atoms. The number of aliphatic hydroxyl groups excluding tert-OH is 2. The molecule has 1 unspecified atom stereocenters. The van der Waals surface area contributed by atoms with Crippen LogP contribution >= 0.6 is 0 Å². The minimum absolute atomic E-state index is 0.0122. The second-order valence-corrected chi connectivity index (χ2v) is 7.74. The first kappa shape index (κ1) is 25.6. The van der Waals surface area contributed by atoms with E-state index in [0.717, 1.165) is 25.5 Å². The van der Waals surface area contributed by atoms with E-state index in [-0.39, 0.29) is 23.5 Å². The van der Waals surface area contributed by atoms with Gasteiger partial charge in [-0.3, -0.25) is 9.78 Å². The number of hydroxylamine groups is 2. The van der Waals surface area contributed by atoms with Gasteiger partial charge in [0.05, 0.1) is 6.61 Å². The second kappa shape index (κ2) is 10.3. The Morgan fingerprint density at radius 2 is 1.90 bits per heavy atom. The molecule has 0 amide bonds. The highest BCUT2D eigenvalue weighted by atomic mass is 19.1. The van der Waals surface area contributed by atoms with Crippen LogP contribution in [-0.4, -0.2) is 71.1 Å². The molecule has 0 aliphatic carbocycles. The summed E-state index contributed by atoms with van der Waals surface area (Å²) < 4.78 is 20.3. The van der Waals surface area contributed by atoms with Crippen LogP contribution in [0.2, 0.25) is 0 Å². The summed E-state index contributed by atoms with van der Waals surface area (Å²) in [4.78, 5) is 26.2. The predicted molar refractivity (Wildman–Crippen MR) is 106 cm³/mol. The molecule has 0 saturated carbocycles. The van der Waals surface area contributed by atoms with Crippen LogP contribution in [-0.2, 0) is 17.1 Å². The van der Waals surface area contributed by atoms with Gasteiger partial charge in [0.1, 0.15) is 12.2 Å². The fourth-order valence-electron chi connectivity index (χ4n) is 3.71. The van der Waals surface area contributed by atoms with Crippen LogP contribution in [0.4, 0.5) is 4.39 Å². The van der Waals surface area contributed by atoms with Crippen molar-refractivity contribution in [2.45, 2.75) is 88.9 Å². The maximum Gasteiger partial charge on any atom is 0.332 e. The van der Waals surface area contributed by atoms with Crippen LogP contribution in [0.3, 0.4) is 0 Å². The number of nitrogens with zero attached hydrogens (tertiary/aromatic N) is 2. The van der Waals surface area contributed by atoms with E-state index in [1.54, 1.807) is 6.92 Å². The summed E-state index contributed by atoms with van der Waals surface area (Å²) in [6.45, 7) is 2.68. The van der Waals surface area contributed by atoms with Gasteiger partial charge in [0.15, 0.2) is 6.30 Å². The molecule has 0 spiro atoms. The van der Waals surface area contributed by atoms with Crippen molar-refractivity contribution in [1.29, 1.82) is 0 Å². The van der Waals surface area contributed by atoms with E-state index >= 15 is 0 Å². The zero-order valence-electron chi connectivity index (χ0n) is 17.7. The lowest BCUT2D eigenvalue weighted by Crippen LogP contribution is -2.69. The van der Waals surface area contributed by atoms with Crippen molar-refractivity contribution in [2.75, 3.05) is 6.61 Å². The normalized spacial score (nSPS) is 29.6. The number of aromatic nitrogens is 2. The molecule has 5 atom stereocenters. The number of rotatable bonds is 11. The number of aromatic amines is 1. The first-order chi connectivity index (χ1) is 14.6. The molecule has 1 saturated heterocycles. The van der Waals surface area contributed by atoms with Crippen molar-refractivity contribution >= 4 is 0 Å². The zero-order chi connectivity index (χ0) is 23.4. The van der Waals surface area contributed by atoms with Gasteiger partial charge in [-0.15, -0.1) is 5.06 Å². The van der Waals surface area contributed by atoms with Gasteiger partial charge in [0.25, 0.3) is 5.56 Å². The van der Waals surface area contributed by atoms with E-state index in [1.807, 2.05) is 11.9 Å². The molecule has 6 N–H and O–H groups in total. The summed E-state index contributed by atoms with van der Waals surface area (Å²) >= 11 is 0. The summed E-state index contributed by atoms with van der Waals surface area (Å²) in [5.41, 5.74) is -5.25. The number of unbranched alkanes of at least 4 members (excludes halogenated alkanes) is 4. The van der Waals surface area contributed by atoms with Gasteiger partial charge in [-0.2, -0.15) is 0 Å². The second-order valence-electron chi connectivity index (χ2n) is 7.74. The third-order valence-corrected chi connectivity index (χ3v) is 5.62. The minimum atomic E-state index is -3.28. The first-order valence-corrected chi connectivity index (χ1v) is 10.5. The van der Waals surface area contributed by atoms with Gasteiger partial charge in [-0.25, -0.2) is 13.8 Å². The summed E-state index contributed by atoms with van der Waals surface area (Å²) in [5.74, 6) is -3.23. The Morgan fingerprint density at radius 3 is 2.48 bits per heavy atom. The molecule has 1 aromatic heterocycles. The molecule has 178 valence electrons. The molecular formula is C19H32FN3O8. The minimum Gasteiger partial charge on any atom is -0.394 e. The van der Waals surface area contributed by atoms with E-state index < -0.39 is 48.0 Å². The Bertz CT molecular complexity index is 848. The van der Waals surface area contributed by atoms with Gasteiger partial charge in [0, 0.05) is 11.8 Å². The van der Waals surface area contributed by atoms with Gasteiger partial charge >= 0.3 is 11.6 Å². The number of hydrogen-bond donors (Lipinski definition) is 6. The fourth-order valence-corrected chi connectivity index (χ4v) is 3.71. The molecule has 1 aliphatic heterocycles. The van der Waals surface area contributed by atoms with Crippen molar-refractivity contribution in [3.63, 3.8) is 0 Å². The maximum atomic E-state index is 14.8. The average molecular weight is 449 g/mol. The van der Waals surface area contributed by atoms with Crippen LogP contribution in [0.25, 0.3) is 0 Å². The van der Waals surface area contributed by atoms with E-state index in [2.05, 4.69) is 0 Å². The molecule has 2 rings (SSSR count). The molecular weight excluding hydrogens is 417 g/mol. The van der Waals surface area contributed by atoms with E-state index in [4.69, 9.17) is 4.74 Å². The highest BCUT2D eigenvalue weighted by Crippen LogP contribution is 2.44. The Balaban J connectivity index is 2.44. The lowest BCUT2D eigenvalue weighted by molar-refractivity contribution is -0.428. The third-order valence-electron chi connectivity index (χ3n) is 5.62. The molecule has 31 heavy (non-hydrogen) atoms. The van der Waals surface area contributed by atoms with Crippen molar-refractivity contribution in [1.82, 2.24) is 14.6 Å². The number of ether oxygens (including phenoxy) is 1. The largest absolute Gasteiger partial charge is 0.394 e. The first-order valence-electron chi connectivity index (χ1n) is 10.5. The number of nitrogens with one attached hydrogen (secondary N) is 1. The highest BCUT2D eigenvalue weighted by Gasteiger charge is 2.71. The third kappa shape index (κ3) is 4.60. The van der Waals surface area contributed by atoms with Crippen LogP contribution in [0.15, 0.2) is 15.8 Å². The molecule has 0 aromatic carbocycles. The highest BCUT2D eigenvalue weighted by molar-refractivity contribution is 5.10. The number of halogens is 1. The number of H-pyrrole nitrogens is 1. The molecule has 11 nitrogen and oxygen atoms in total. The van der Waals surface area contributed by atoms with Gasteiger partial charge < -0.3 is 30.4 Å². The van der Waals surface area contributed by atoms with Crippen molar-refractivity contribution in [2.24, 2.45) is 0 Å². The topological polar surface area (TPSA) is 168 Å². The molecule has 0 radical (unpaired) electrons. The van der Waals surface area contributed by atoms with Crippen LogP contribution in [0.1, 0.15) is 57.9 Å². The Labute approximate surface area is 178 Å². The number of aryl methyl sites for hydroxylation is 1. The maximum absolute atomic E-state index is 14.8. The average Bonchev–Trinajstić information content (AvgIpc) is 2.94. The van der Waals surface area contributed by atoms with Crippen molar-refractivity contribution < 1.29 is 34.8 Å². The number of hydrogen-bond acceptors (Lipinski definition) is 9. The van der Waals surface area contributed by atoms with Gasteiger partial charge in [0.2, 0.25) is 5.72 Å². The number of aliphatic hydroxyl groups is 4. The lowest BCUT2D eigenvalue weighted by Gasteiger charge is -2.43. The van der Waals surface area contributed by atoms with E-state index in [9.17, 15) is 39.6 Å². The number of alkyl halides is 1. The summed E-state index contributed by atoms with van der Waals surface area (Å²) in [6.07, 6.45) is -1.54. The zero-order valence-corrected chi connectivity index (χ0v) is 17.7. The van der Waals surface area contributed by atoms with Crippen LogP contribution in [0, 0.1) is 0 Å². The smallest absolute Gasteiger partial charge is 0.332 e. The summed E-state index contributed by atoms with van der Waals surface area (Å²) in [5, 5.41) is 52.4. The fraction of sp³-hybridized carbons (Fsp3) is 0.789. The van der Waals surface area contributed by atoms with Gasteiger partial charge in [-0.05, 0) is 19.3 Å². The van der Waals surface area contributed by atoms with E-state index in [1.165, 1.54) is 0 Å². The predicted octanol–water partition coefficient (Wildman–Crippen LogP) is -0.510.